The van der Waals surface area contributed by atoms with E-state index in [9.17, 15) is 17.6 Å². The van der Waals surface area contributed by atoms with Crippen LogP contribution in [0.5, 0.6) is 0 Å². The van der Waals surface area contributed by atoms with Crippen molar-refractivity contribution in [1.82, 2.24) is 4.72 Å². The van der Waals surface area contributed by atoms with E-state index in [1.54, 1.807) is 20.8 Å². The lowest BCUT2D eigenvalue weighted by atomic mass is 10.1. The molecule has 0 atom stereocenters. The molecule has 0 aliphatic carbocycles. The van der Waals surface area contributed by atoms with E-state index in [0.717, 1.165) is 0 Å². The molecule has 0 spiro atoms. The maximum Gasteiger partial charge on any atom is 0.338 e. The average Bonchev–Trinajstić information content (AvgIpc) is 2.09. The zero-order chi connectivity index (χ0) is 15.9. The first-order valence-corrected chi connectivity index (χ1v) is 7.55. The summed E-state index contributed by atoms with van der Waals surface area (Å²) in [5.41, 5.74) is -1.55. The van der Waals surface area contributed by atoms with E-state index in [0.29, 0.717) is 6.07 Å². The van der Waals surface area contributed by atoms with Crippen LogP contribution in [0.4, 0.5) is 4.39 Å². The van der Waals surface area contributed by atoms with Crippen LogP contribution in [0, 0.1) is 5.82 Å². The molecule has 1 aromatic carbocycles. The van der Waals surface area contributed by atoms with Gasteiger partial charge in [0.15, 0.2) is 0 Å². The third kappa shape index (κ3) is 3.60. The van der Waals surface area contributed by atoms with E-state index in [-0.39, 0.29) is 0 Å². The summed E-state index contributed by atoms with van der Waals surface area (Å²) in [5, 5.41) is 7.71. The van der Waals surface area contributed by atoms with E-state index in [1.807, 2.05) is 0 Å². The third-order valence-corrected chi connectivity index (χ3v) is 4.66. The molecule has 0 saturated carbocycles. The second kappa shape index (κ2) is 5.48. The van der Waals surface area contributed by atoms with Crippen molar-refractivity contribution in [3.05, 3.63) is 27.5 Å². The normalized spacial score (nSPS) is 12.5. The molecule has 5 nitrogen and oxygen atoms in total. The molecule has 0 amide bonds. The van der Waals surface area contributed by atoms with Gasteiger partial charge in [-0.25, -0.2) is 22.3 Å². The molecule has 0 bridgehead atoms. The lowest BCUT2D eigenvalue weighted by Crippen LogP contribution is -2.41. The monoisotopic (exact) mass is 343 g/mol. The second-order valence-corrected chi connectivity index (χ2v) is 7.42. The first-order valence-electron chi connectivity index (χ1n) is 5.31. The summed E-state index contributed by atoms with van der Waals surface area (Å²) in [6.45, 7) is 4.64. The van der Waals surface area contributed by atoms with Crippen LogP contribution in [-0.2, 0) is 10.0 Å². The lowest BCUT2D eigenvalue weighted by molar-refractivity contribution is 0.0697. The van der Waals surface area contributed by atoms with Crippen molar-refractivity contribution in [2.24, 2.45) is 0 Å². The first kappa shape index (κ1) is 17.2. The second-order valence-electron chi connectivity index (χ2n) is 5.02. The number of hydrogen-bond donors (Lipinski definition) is 2. The molecule has 1 aromatic rings. The van der Waals surface area contributed by atoms with Crippen molar-refractivity contribution in [1.29, 1.82) is 0 Å². The van der Waals surface area contributed by atoms with Crippen LogP contribution in [0.1, 0.15) is 31.1 Å². The Hall–Kier alpha value is -0.890. The molecule has 20 heavy (non-hydrogen) atoms. The summed E-state index contributed by atoms with van der Waals surface area (Å²) < 4.78 is 40.2. The number of halogens is 3. The number of sulfonamides is 1. The van der Waals surface area contributed by atoms with Crippen LogP contribution in [0.2, 0.25) is 10.0 Å². The summed E-state index contributed by atoms with van der Waals surface area (Å²) >= 11 is 11.3. The number of aromatic carboxylic acids is 1. The molecule has 0 aliphatic rings. The number of carbonyl (C=O) groups is 1. The highest BCUT2D eigenvalue weighted by atomic mass is 35.5. The number of carboxylic acid groups (broad SMARTS) is 1. The maximum atomic E-state index is 13.8. The van der Waals surface area contributed by atoms with Gasteiger partial charge in [0, 0.05) is 5.54 Å². The molecule has 0 aliphatic heterocycles. The highest BCUT2D eigenvalue weighted by Crippen LogP contribution is 2.34. The average molecular weight is 344 g/mol. The molecule has 1 rings (SSSR count). The minimum atomic E-state index is -4.33. The summed E-state index contributed by atoms with van der Waals surface area (Å²) in [6.07, 6.45) is 0. The van der Waals surface area contributed by atoms with Crippen LogP contribution < -0.4 is 4.72 Å². The van der Waals surface area contributed by atoms with Gasteiger partial charge in [-0.3, -0.25) is 0 Å². The Morgan fingerprint density at radius 1 is 1.35 bits per heavy atom. The summed E-state index contributed by atoms with van der Waals surface area (Å²) in [5.74, 6) is -2.77. The van der Waals surface area contributed by atoms with Crippen molar-refractivity contribution in [3.8, 4) is 0 Å². The first-order chi connectivity index (χ1) is 8.87. The van der Waals surface area contributed by atoms with Crippen LogP contribution >= 0.6 is 23.2 Å². The largest absolute Gasteiger partial charge is 0.478 e. The number of benzene rings is 1. The molecule has 2 N–H and O–H groups in total. The van der Waals surface area contributed by atoms with Crippen molar-refractivity contribution >= 4 is 39.2 Å². The molecular weight excluding hydrogens is 332 g/mol. The Morgan fingerprint density at radius 3 is 2.25 bits per heavy atom. The smallest absolute Gasteiger partial charge is 0.338 e. The van der Waals surface area contributed by atoms with Crippen molar-refractivity contribution in [2.75, 3.05) is 0 Å². The fourth-order valence-electron chi connectivity index (χ4n) is 1.47. The highest BCUT2D eigenvalue weighted by Gasteiger charge is 2.31. The van der Waals surface area contributed by atoms with E-state index < -0.39 is 47.9 Å². The van der Waals surface area contributed by atoms with Gasteiger partial charge in [-0.2, -0.15) is 0 Å². The van der Waals surface area contributed by atoms with Crippen LogP contribution in [-0.4, -0.2) is 25.0 Å². The predicted octanol–water partition coefficient (Wildman–Crippen LogP) is 2.91. The van der Waals surface area contributed by atoms with Crippen LogP contribution in [0.3, 0.4) is 0 Å². The van der Waals surface area contributed by atoms with Gasteiger partial charge in [0.2, 0.25) is 10.0 Å². The van der Waals surface area contributed by atoms with E-state index in [2.05, 4.69) is 4.72 Å². The van der Waals surface area contributed by atoms with Crippen molar-refractivity contribution in [2.45, 2.75) is 31.2 Å². The quantitative estimate of drug-likeness (QED) is 0.883. The lowest BCUT2D eigenvalue weighted by Gasteiger charge is -2.21. The molecule has 0 radical (unpaired) electrons. The zero-order valence-corrected chi connectivity index (χ0v) is 13.1. The molecule has 0 saturated heterocycles. The van der Waals surface area contributed by atoms with Crippen molar-refractivity contribution in [3.63, 3.8) is 0 Å². The molecule has 0 aromatic heterocycles. The fourth-order valence-corrected chi connectivity index (χ4v) is 3.93. The Balaban J connectivity index is 3.62. The van der Waals surface area contributed by atoms with Gasteiger partial charge in [-0.15, -0.1) is 0 Å². The summed E-state index contributed by atoms with van der Waals surface area (Å²) in [6, 6.07) is 0.605. The molecule has 9 heteroatoms. The van der Waals surface area contributed by atoms with E-state index >= 15 is 0 Å². The molecule has 112 valence electrons. The van der Waals surface area contributed by atoms with Gasteiger partial charge in [0.05, 0.1) is 15.6 Å². The molecule has 0 fully saturated rings. The van der Waals surface area contributed by atoms with Crippen molar-refractivity contribution < 1.29 is 22.7 Å². The van der Waals surface area contributed by atoms with E-state index in [4.69, 9.17) is 28.3 Å². The number of carboxylic acids is 1. The van der Waals surface area contributed by atoms with Gasteiger partial charge < -0.3 is 5.11 Å². The maximum absolute atomic E-state index is 13.8. The number of rotatable bonds is 3. The highest BCUT2D eigenvalue weighted by molar-refractivity contribution is 7.89. The Bertz CT molecular complexity index is 668. The van der Waals surface area contributed by atoms with E-state index in [1.165, 1.54) is 0 Å². The molecule has 0 heterocycles. The topological polar surface area (TPSA) is 83.5 Å². The minimum Gasteiger partial charge on any atom is -0.478 e. The van der Waals surface area contributed by atoms with Gasteiger partial charge in [0.1, 0.15) is 10.7 Å². The Labute approximate surface area is 125 Å². The standard InChI is InChI=1S/C11H12Cl2FNO4S/c1-11(2,3)15-20(18,19)9-6(14)4-5(12)7(8(9)13)10(16)17/h4,15H,1-3H3,(H,16,17). The minimum absolute atomic E-state index is 0.477. The summed E-state index contributed by atoms with van der Waals surface area (Å²) in [4.78, 5) is 10.1. The van der Waals surface area contributed by atoms with Gasteiger partial charge >= 0.3 is 5.97 Å². The Morgan fingerprint density at radius 2 is 1.85 bits per heavy atom. The van der Waals surface area contributed by atoms with Crippen LogP contribution in [0.15, 0.2) is 11.0 Å². The number of nitrogens with one attached hydrogen (secondary N) is 1. The van der Waals surface area contributed by atoms with Gasteiger partial charge in [-0.05, 0) is 26.8 Å². The third-order valence-electron chi connectivity index (χ3n) is 2.05. The predicted molar refractivity (Wildman–Crippen MR) is 73.5 cm³/mol. The summed E-state index contributed by atoms with van der Waals surface area (Å²) in [7, 11) is -4.33. The van der Waals surface area contributed by atoms with Gasteiger partial charge in [0.25, 0.3) is 0 Å². The molecule has 0 unspecified atom stereocenters. The number of hydrogen-bond acceptors (Lipinski definition) is 3. The molecular formula is C11H12Cl2FNO4S. The van der Waals surface area contributed by atoms with Gasteiger partial charge in [-0.1, -0.05) is 23.2 Å². The SMILES string of the molecule is CC(C)(C)NS(=O)(=O)c1c(F)cc(Cl)c(C(=O)O)c1Cl. The van der Waals surface area contributed by atoms with Crippen LogP contribution in [0.25, 0.3) is 0 Å². The zero-order valence-electron chi connectivity index (χ0n) is 10.8. The fraction of sp³-hybridized carbons (Fsp3) is 0.364. The Kier molecular flexibility index (Phi) is 4.70.